The first-order valence-corrected chi connectivity index (χ1v) is 13.5. The summed E-state index contributed by atoms with van der Waals surface area (Å²) in [6.07, 6.45) is 2.08. The maximum Gasteiger partial charge on any atom is 0.371 e. The molecule has 0 aromatic heterocycles. The second-order valence-corrected chi connectivity index (χ2v) is 10.4. The SMILES string of the molecule is COC1=CC(=O)OC1C(c1ccccc1Cl)C1(c2ccccc2Cl)OOC(=O)[C@]1(CCSC)NC(C)=O. The van der Waals surface area contributed by atoms with Crippen molar-refractivity contribution in [1.29, 1.82) is 0 Å². The first kappa shape index (κ1) is 27.3. The van der Waals surface area contributed by atoms with Crippen LogP contribution >= 0.6 is 35.0 Å². The predicted octanol–water partition coefficient (Wildman–Crippen LogP) is 4.54. The van der Waals surface area contributed by atoms with Crippen molar-refractivity contribution in [2.75, 3.05) is 19.1 Å². The van der Waals surface area contributed by atoms with Crippen molar-refractivity contribution in [3.63, 3.8) is 0 Å². The zero-order valence-corrected chi connectivity index (χ0v) is 22.6. The normalized spacial score (nSPS) is 25.8. The molecular formula is C26H25Cl2NO7S. The number of hydrogen-bond donors (Lipinski definition) is 1. The van der Waals surface area contributed by atoms with Gasteiger partial charge in [-0.2, -0.15) is 16.6 Å². The van der Waals surface area contributed by atoms with Crippen LogP contribution in [0.5, 0.6) is 0 Å². The molecule has 1 N–H and O–H groups in total. The van der Waals surface area contributed by atoms with Crippen molar-refractivity contribution >= 4 is 52.8 Å². The van der Waals surface area contributed by atoms with E-state index in [1.165, 1.54) is 31.9 Å². The van der Waals surface area contributed by atoms with Crippen molar-refractivity contribution in [2.24, 2.45) is 0 Å². The Morgan fingerprint density at radius 1 is 1.14 bits per heavy atom. The van der Waals surface area contributed by atoms with Crippen LogP contribution in [0, 0.1) is 0 Å². The van der Waals surface area contributed by atoms with E-state index in [0.29, 0.717) is 21.9 Å². The highest BCUT2D eigenvalue weighted by molar-refractivity contribution is 7.98. The molecule has 2 aliphatic heterocycles. The van der Waals surface area contributed by atoms with Crippen LogP contribution in [0.3, 0.4) is 0 Å². The summed E-state index contributed by atoms with van der Waals surface area (Å²) in [6.45, 7) is 1.30. The van der Waals surface area contributed by atoms with Crippen molar-refractivity contribution in [1.82, 2.24) is 5.32 Å². The lowest BCUT2D eigenvalue weighted by Crippen LogP contribution is -2.67. The summed E-state index contributed by atoms with van der Waals surface area (Å²) in [6, 6.07) is 13.6. The van der Waals surface area contributed by atoms with Gasteiger partial charge in [0.2, 0.25) is 5.91 Å². The van der Waals surface area contributed by atoms with Gasteiger partial charge in [0, 0.05) is 22.5 Å². The van der Waals surface area contributed by atoms with E-state index in [4.69, 9.17) is 42.5 Å². The third-order valence-electron chi connectivity index (χ3n) is 6.58. The van der Waals surface area contributed by atoms with Crippen LogP contribution in [0.2, 0.25) is 10.0 Å². The van der Waals surface area contributed by atoms with E-state index in [9.17, 15) is 14.4 Å². The Morgan fingerprint density at radius 2 is 1.81 bits per heavy atom. The number of thioether (sulfide) groups is 1. The Kier molecular flexibility index (Phi) is 8.08. The summed E-state index contributed by atoms with van der Waals surface area (Å²) in [4.78, 5) is 50.2. The molecule has 2 aliphatic rings. The topological polar surface area (TPSA) is 100 Å². The molecule has 2 heterocycles. The van der Waals surface area contributed by atoms with Crippen LogP contribution in [0.1, 0.15) is 30.4 Å². The van der Waals surface area contributed by atoms with Gasteiger partial charge in [-0.25, -0.2) is 9.59 Å². The van der Waals surface area contributed by atoms with E-state index in [0.717, 1.165) is 0 Å². The minimum atomic E-state index is -1.85. The number of hydrogen-bond acceptors (Lipinski definition) is 8. The predicted molar refractivity (Wildman–Crippen MR) is 139 cm³/mol. The monoisotopic (exact) mass is 565 g/mol. The van der Waals surface area contributed by atoms with Gasteiger partial charge < -0.3 is 14.8 Å². The van der Waals surface area contributed by atoms with Crippen LogP contribution < -0.4 is 5.32 Å². The minimum Gasteiger partial charge on any atom is -0.497 e. The molecule has 1 amide bonds. The number of carbonyl (C=O) groups excluding carboxylic acids is 3. The molecule has 2 aromatic rings. The largest absolute Gasteiger partial charge is 0.497 e. The van der Waals surface area contributed by atoms with Crippen molar-refractivity contribution < 1.29 is 33.6 Å². The van der Waals surface area contributed by atoms with Gasteiger partial charge in [-0.3, -0.25) is 9.68 Å². The second kappa shape index (κ2) is 10.9. The molecule has 196 valence electrons. The zero-order chi connectivity index (χ0) is 26.8. The quantitative estimate of drug-likeness (QED) is 0.349. The Balaban J connectivity index is 2.14. The number of methoxy groups -OCH3 is 1. The van der Waals surface area contributed by atoms with Crippen molar-refractivity contribution in [3.05, 3.63) is 81.5 Å². The number of carbonyl (C=O) groups is 3. The fourth-order valence-electron chi connectivity index (χ4n) is 5.11. The van der Waals surface area contributed by atoms with Gasteiger partial charge in [0.25, 0.3) is 0 Å². The molecule has 4 atom stereocenters. The Morgan fingerprint density at radius 3 is 2.43 bits per heavy atom. The van der Waals surface area contributed by atoms with E-state index >= 15 is 0 Å². The maximum atomic E-state index is 13.7. The van der Waals surface area contributed by atoms with Gasteiger partial charge in [-0.15, -0.1) is 0 Å². The van der Waals surface area contributed by atoms with Gasteiger partial charge >= 0.3 is 11.9 Å². The molecule has 2 aromatic carbocycles. The molecule has 0 bridgehead atoms. The average Bonchev–Trinajstić information content (AvgIpc) is 3.37. The standard InChI is InChI=1S/C26H25Cl2NO7S/c1-15(30)29-25(12-13-37-3)24(32)35-36-26(25,17-9-5-7-11-19(17)28)22(16-8-4-6-10-18(16)27)23-20(33-2)14-21(31)34-23/h4-11,14,22-23H,12-13H2,1-3H3,(H,29,30)/t22?,23?,25-,26?/m0/s1. The van der Waals surface area contributed by atoms with Crippen LogP contribution in [0.25, 0.3) is 0 Å². The molecule has 1 fully saturated rings. The number of esters is 1. The molecule has 8 nitrogen and oxygen atoms in total. The number of ether oxygens (including phenoxy) is 2. The Labute approximate surface area is 228 Å². The summed E-state index contributed by atoms with van der Waals surface area (Å²) in [5.41, 5.74) is -2.84. The highest BCUT2D eigenvalue weighted by atomic mass is 35.5. The highest BCUT2D eigenvalue weighted by Gasteiger charge is 2.73. The molecule has 3 unspecified atom stereocenters. The Bertz CT molecular complexity index is 1250. The zero-order valence-electron chi connectivity index (χ0n) is 20.3. The van der Waals surface area contributed by atoms with Crippen molar-refractivity contribution in [3.8, 4) is 0 Å². The molecule has 0 spiro atoms. The average molecular weight is 566 g/mol. The lowest BCUT2D eigenvalue weighted by atomic mass is 9.62. The van der Waals surface area contributed by atoms with Gasteiger partial charge in [-0.1, -0.05) is 59.6 Å². The van der Waals surface area contributed by atoms with Crippen LogP contribution in [-0.2, 0) is 39.2 Å². The third kappa shape index (κ3) is 4.58. The summed E-state index contributed by atoms with van der Waals surface area (Å²) in [5, 5.41) is 3.39. The lowest BCUT2D eigenvalue weighted by Gasteiger charge is -2.47. The minimum absolute atomic E-state index is 0.103. The lowest BCUT2D eigenvalue weighted by molar-refractivity contribution is -0.313. The number of rotatable bonds is 9. The summed E-state index contributed by atoms with van der Waals surface area (Å²) >= 11 is 15.0. The highest BCUT2D eigenvalue weighted by Crippen LogP contribution is 2.59. The molecule has 0 saturated carbocycles. The molecular weight excluding hydrogens is 541 g/mol. The fourth-order valence-corrected chi connectivity index (χ4v) is 6.15. The van der Waals surface area contributed by atoms with E-state index in [1.54, 1.807) is 48.5 Å². The number of nitrogens with one attached hydrogen (secondary N) is 1. The second-order valence-electron chi connectivity index (χ2n) is 8.61. The fraction of sp³-hybridized carbons (Fsp3) is 0.346. The summed E-state index contributed by atoms with van der Waals surface area (Å²) in [7, 11) is 1.40. The van der Waals surface area contributed by atoms with Gasteiger partial charge in [0.05, 0.1) is 19.1 Å². The van der Waals surface area contributed by atoms with E-state index in [-0.39, 0.29) is 17.2 Å². The molecule has 37 heavy (non-hydrogen) atoms. The van der Waals surface area contributed by atoms with Crippen molar-refractivity contribution in [2.45, 2.75) is 36.5 Å². The first-order chi connectivity index (χ1) is 17.7. The van der Waals surface area contributed by atoms with E-state index < -0.39 is 41.0 Å². The maximum absolute atomic E-state index is 13.7. The van der Waals surface area contributed by atoms with Crippen LogP contribution in [-0.4, -0.2) is 48.6 Å². The first-order valence-electron chi connectivity index (χ1n) is 11.3. The molecule has 0 aliphatic carbocycles. The molecule has 0 radical (unpaired) electrons. The number of amides is 1. The van der Waals surface area contributed by atoms with E-state index in [1.807, 2.05) is 6.26 Å². The molecule has 1 saturated heterocycles. The molecule has 11 heteroatoms. The van der Waals surface area contributed by atoms with Crippen LogP contribution in [0.15, 0.2) is 60.4 Å². The van der Waals surface area contributed by atoms with Crippen LogP contribution in [0.4, 0.5) is 0 Å². The van der Waals surface area contributed by atoms with E-state index in [2.05, 4.69) is 5.32 Å². The number of cyclic esters (lactones) is 1. The van der Waals surface area contributed by atoms with Gasteiger partial charge in [0.15, 0.2) is 17.2 Å². The molecule has 4 rings (SSSR count). The Hall–Kier alpha value is -2.72. The number of benzene rings is 2. The summed E-state index contributed by atoms with van der Waals surface area (Å²) < 4.78 is 11.3. The van der Waals surface area contributed by atoms with Gasteiger partial charge in [-0.05, 0) is 36.1 Å². The van der Waals surface area contributed by atoms with Gasteiger partial charge in [0.1, 0.15) is 5.76 Å². The third-order valence-corrected chi connectivity index (χ3v) is 7.86. The smallest absolute Gasteiger partial charge is 0.371 e. The number of halogens is 2. The summed E-state index contributed by atoms with van der Waals surface area (Å²) in [5.74, 6) is -2.39.